The van der Waals surface area contributed by atoms with E-state index in [1.165, 1.54) is 0 Å². The molecule has 17 heavy (non-hydrogen) atoms. The van der Waals surface area contributed by atoms with Crippen molar-refractivity contribution >= 4 is 27.5 Å². The van der Waals surface area contributed by atoms with Gasteiger partial charge < -0.3 is 10.4 Å². The number of fused-ring (bicyclic) bond motifs is 1. The number of nitrogens with one attached hydrogen (secondary N) is 1. The van der Waals surface area contributed by atoms with Gasteiger partial charge in [-0.2, -0.15) is 4.98 Å². The molecule has 2 aromatic heterocycles. The first-order valence-electron chi connectivity index (χ1n) is 5.63. The summed E-state index contributed by atoms with van der Waals surface area (Å²) in [7, 11) is 0. The molecule has 2 aromatic rings. The molecule has 0 saturated carbocycles. The number of aliphatic hydroxyl groups excluding tert-OH is 1. The zero-order valence-electron chi connectivity index (χ0n) is 9.60. The molecule has 2 heterocycles. The van der Waals surface area contributed by atoms with E-state index in [1.54, 1.807) is 4.52 Å². The molecule has 0 aliphatic carbocycles. The summed E-state index contributed by atoms with van der Waals surface area (Å²) in [4.78, 5) is 4.35. The molecule has 6 heteroatoms. The van der Waals surface area contributed by atoms with Crippen LogP contribution in [0.1, 0.15) is 19.8 Å². The van der Waals surface area contributed by atoms with Crippen molar-refractivity contribution in [1.82, 2.24) is 14.6 Å². The normalized spacial score (nSPS) is 12.9. The van der Waals surface area contributed by atoms with Crippen LogP contribution in [0, 0.1) is 0 Å². The van der Waals surface area contributed by atoms with E-state index in [0.717, 1.165) is 16.5 Å². The summed E-state index contributed by atoms with van der Waals surface area (Å²) >= 11 is 3.42. The molecule has 1 unspecified atom stereocenters. The number of hydrogen-bond acceptors (Lipinski definition) is 4. The first-order chi connectivity index (χ1) is 8.20. The fourth-order valence-corrected chi connectivity index (χ4v) is 1.93. The summed E-state index contributed by atoms with van der Waals surface area (Å²) in [5.41, 5.74) is 0.783. The van der Waals surface area contributed by atoms with E-state index >= 15 is 0 Å². The van der Waals surface area contributed by atoms with Gasteiger partial charge in [-0.1, -0.05) is 6.92 Å². The number of halogens is 1. The first kappa shape index (κ1) is 12.3. The Kier molecular flexibility index (Phi) is 3.96. The van der Waals surface area contributed by atoms with Crippen LogP contribution in [0.25, 0.3) is 5.65 Å². The van der Waals surface area contributed by atoms with Crippen molar-refractivity contribution in [1.29, 1.82) is 0 Å². The zero-order valence-corrected chi connectivity index (χ0v) is 11.2. The first-order valence-corrected chi connectivity index (χ1v) is 6.43. The lowest BCUT2D eigenvalue weighted by Crippen LogP contribution is -2.12. The van der Waals surface area contributed by atoms with Gasteiger partial charge in [0.1, 0.15) is 0 Å². The summed E-state index contributed by atoms with van der Waals surface area (Å²) in [6.45, 7) is 2.63. The fraction of sp³-hybridized carbons (Fsp3) is 0.455. The van der Waals surface area contributed by atoms with E-state index in [1.807, 2.05) is 25.3 Å². The highest BCUT2D eigenvalue weighted by atomic mass is 79.9. The van der Waals surface area contributed by atoms with Crippen LogP contribution in [-0.2, 0) is 0 Å². The van der Waals surface area contributed by atoms with Gasteiger partial charge in [-0.05, 0) is 40.9 Å². The van der Waals surface area contributed by atoms with Crippen LogP contribution < -0.4 is 5.32 Å². The number of pyridine rings is 1. The standard InChI is InChI=1S/C11H15BrN4O/c1-2-8(17)5-6-13-11-14-10-9(12)4-3-7-16(10)15-11/h3-4,7-8,17H,2,5-6H2,1H3,(H,13,15). The predicted molar refractivity (Wildman–Crippen MR) is 70.1 cm³/mol. The molecule has 0 aliphatic rings. The van der Waals surface area contributed by atoms with Crippen LogP contribution in [0.2, 0.25) is 0 Å². The second-order valence-corrected chi connectivity index (χ2v) is 4.69. The van der Waals surface area contributed by atoms with Crippen LogP contribution >= 0.6 is 15.9 Å². The van der Waals surface area contributed by atoms with Gasteiger partial charge in [0, 0.05) is 12.7 Å². The second-order valence-electron chi connectivity index (χ2n) is 3.84. The minimum Gasteiger partial charge on any atom is -0.393 e. The molecule has 92 valence electrons. The molecule has 0 aromatic carbocycles. The largest absolute Gasteiger partial charge is 0.393 e. The molecule has 2 N–H and O–H groups in total. The average molecular weight is 299 g/mol. The van der Waals surface area contributed by atoms with Gasteiger partial charge in [0.05, 0.1) is 10.6 Å². The Hall–Kier alpha value is -1.14. The molecule has 0 radical (unpaired) electrons. The van der Waals surface area contributed by atoms with Gasteiger partial charge >= 0.3 is 0 Å². The number of nitrogens with zero attached hydrogens (tertiary/aromatic N) is 3. The Labute approximate surface area is 108 Å². The topological polar surface area (TPSA) is 62.5 Å². The van der Waals surface area contributed by atoms with E-state index in [9.17, 15) is 5.11 Å². The molecule has 0 fully saturated rings. The van der Waals surface area contributed by atoms with Gasteiger partial charge in [0.15, 0.2) is 5.65 Å². The maximum Gasteiger partial charge on any atom is 0.243 e. The van der Waals surface area contributed by atoms with Crippen molar-refractivity contribution < 1.29 is 5.11 Å². The van der Waals surface area contributed by atoms with Crippen LogP contribution in [0.3, 0.4) is 0 Å². The third kappa shape index (κ3) is 2.95. The van der Waals surface area contributed by atoms with Gasteiger partial charge in [-0.15, -0.1) is 5.10 Å². The highest BCUT2D eigenvalue weighted by Gasteiger charge is 2.06. The van der Waals surface area contributed by atoms with Gasteiger partial charge in [0.25, 0.3) is 0 Å². The highest BCUT2D eigenvalue weighted by Crippen LogP contribution is 2.16. The average Bonchev–Trinajstić information content (AvgIpc) is 2.73. The van der Waals surface area contributed by atoms with Crippen LogP contribution in [-0.4, -0.2) is 32.4 Å². The summed E-state index contributed by atoms with van der Waals surface area (Å²) < 4.78 is 2.62. The molecule has 0 saturated heterocycles. The summed E-state index contributed by atoms with van der Waals surface area (Å²) in [5.74, 6) is 0.584. The minimum atomic E-state index is -0.258. The summed E-state index contributed by atoms with van der Waals surface area (Å²) in [6.07, 6.45) is 3.06. The maximum atomic E-state index is 9.43. The monoisotopic (exact) mass is 298 g/mol. The van der Waals surface area contributed by atoms with Gasteiger partial charge in [-0.25, -0.2) is 4.52 Å². The van der Waals surface area contributed by atoms with Crippen molar-refractivity contribution in [3.8, 4) is 0 Å². The van der Waals surface area contributed by atoms with E-state index in [4.69, 9.17) is 0 Å². The molecule has 0 aliphatic heterocycles. The lowest BCUT2D eigenvalue weighted by molar-refractivity contribution is 0.164. The van der Waals surface area contributed by atoms with E-state index < -0.39 is 0 Å². The number of aromatic nitrogens is 3. The number of hydrogen-bond donors (Lipinski definition) is 2. The van der Waals surface area contributed by atoms with Crippen molar-refractivity contribution in [3.05, 3.63) is 22.8 Å². The van der Waals surface area contributed by atoms with Crippen LogP contribution in [0.5, 0.6) is 0 Å². The second kappa shape index (κ2) is 5.46. The molecule has 0 bridgehead atoms. The lowest BCUT2D eigenvalue weighted by atomic mass is 10.2. The Morgan fingerprint density at radius 2 is 2.41 bits per heavy atom. The molecular formula is C11H15BrN4O. The Morgan fingerprint density at radius 3 is 3.12 bits per heavy atom. The quantitative estimate of drug-likeness (QED) is 0.887. The SMILES string of the molecule is CCC(O)CCNc1nc2c(Br)cccn2n1. The number of anilines is 1. The van der Waals surface area contributed by atoms with Gasteiger partial charge in [-0.3, -0.25) is 0 Å². The summed E-state index contributed by atoms with van der Waals surface area (Å²) in [6, 6.07) is 3.82. The molecular weight excluding hydrogens is 284 g/mol. The molecule has 1 atom stereocenters. The Morgan fingerprint density at radius 1 is 1.59 bits per heavy atom. The van der Waals surface area contributed by atoms with Crippen LogP contribution in [0.4, 0.5) is 5.95 Å². The third-order valence-corrected chi connectivity index (χ3v) is 3.17. The molecule has 2 rings (SSSR count). The highest BCUT2D eigenvalue weighted by molar-refractivity contribution is 9.10. The lowest BCUT2D eigenvalue weighted by Gasteiger charge is -2.06. The third-order valence-electron chi connectivity index (χ3n) is 2.55. The predicted octanol–water partition coefficient (Wildman–Crippen LogP) is 2.06. The molecule has 0 amide bonds. The van der Waals surface area contributed by atoms with E-state index in [0.29, 0.717) is 18.9 Å². The maximum absolute atomic E-state index is 9.43. The molecule has 0 spiro atoms. The van der Waals surface area contributed by atoms with Crippen molar-refractivity contribution in [2.45, 2.75) is 25.9 Å². The number of aliphatic hydroxyl groups is 1. The fourth-order valence-electron chi connectivity index (χ4n) is 1.50. The van der Waals surface area contributed by atoms with Gasteiger partial charge in [0.2, 0.25) is 5.95 Å². The summed E-state index contributed by atoms with van der Waals surface area (Å²) in [5, 5.41) is 16.8. The van der Waals surface area contributed by atoms with E-state index in [-0.39, 0.29) is 6.10 Å². The Bertz CT molecular complexity index is 499. The van der Waals surface area contributed by atoms with Crippen molar-refractivity contribution in [2.24, 2.45) is 0 Å². The smallest absolute Gasteiger partial charge is 0.243 e. The zero-order chi connectivity index (χ0) is 12.3. The van der Waals surface area contributed by atoms with E-state index in [2.05, 4.69) is 31.3 Å². The Balaban J connectivity index is 2.02. The minimum absolute atomic E-state index is 0.258. The van der Waals surface area contributed by atoms with Crippen molar-refractivity contribution in [2.75, 3.05) is 11.9 Å². The molecule has 5 nitrogen and oxygen atoms in total. The van der Waals surface area contributed by atoms with Crippen LogP contribution in [0.15, 0.2) is 22.8 Å². The van der Waals surface area contributed by atoms with Crippen molar-refractivity contribution in [3.63, 3.8) is 0 Å². The number of rotatable bonds is 5.